The van der Waals surface area contributed by atoms with Crippen LogP contribution in [0.5, 0.6) is 11.5 Å². The second kappa shape index (κ2) is 6.31. The average Bonchev–Trinajstić information content (AvgIpc) is 2.88. The summed E-state index contributed by atoms with van der Waals surface area (Å²) in [6.45, 7) is 0. The molecule has 0 aliphatic heterocycles. The van der Waals surface area contributed by atoms with Crippen LogP contribution in [-0.4, -0.2) is 32.2 Å². The van der Waals surface area contributed by atoms with E-state index in [9.17, 15) is 4.79 Å². The number of ether oxygens (including phenoxy) is 2. The first-order valence-electron chi connectivity index (χ1n) is 6.06. The number of anilines is 3. The summed E-state index contributed by atoms with van der Waals surface area (Å²) in [6, 6.07) is 5.10. The molecule has 0 unspecified atom stereocenters. The number of nitrogens with one attached hydrogen (secondary N) is 2. The van der Waals surface area contributed by atoms with Crippen molar-refractivity contribution in [3.8, 4) is 11.5 Å². The molecule has 0 spiro atoms. The Kier molecular flexibility index (Phi) is 4.49. The van der Waals surface area contributed by atoms with Crippen LogP contribution in [0.25, 0.3) is 0 Å². The van der Waals surface area contributed by atoms with Gasteiger partial charge < -0.3 is 25.8 Å². The van der Waals surface area contributed by atoms with Crippen molar-refractivity contribution >= 4 is 33.9 Å². The van der Waals surface area contributed by atoms with Crippen molar-refractivity contribution in [2.24, 2.45) is 0 Å². The van der Waals surface area contributed by atoms with Crippen LogP contribution in [-0.2, 0) is 0 Å². The summed E-state index contributed by atoms with van der Waals surface area (Å²) in [5.41, 5.74) is 6.31. The highest BCUT2D eigenvalue weighted by Crippen LogP contribution is 2.31. The molecule has 1 amide bonds. The highest BCUT2D eigenvalue weighted by Gasteiger charge is 2.16. The molecule has 1 aromatic heterocycles. The number of aromatic nitrogens is 1. The van der Waals surface area contributed by atoms with Crippen LogP contribution in [0.1, 0.15) is 9.67 Å². The van der Waals surface area contributed by atoms with Gasteiger partial charge in [-0.1, -0.05) is 11.3 Å². The van der Waals surface area contributed by atoms with Crippen molar-refractivity contribution in [2.75, 3.05) is 37.6 Å². The molecule has 0 aliphatic rings. The molecule has 0 saturated carbocycles. The van der Waals surface area contributed by atoms with Crippen LogP contribution in [0.2, 0.25) is 0 Å². The van der Waals surface area contributed by atoms with Gasteiger partial charge in [-0.3, -0.25) is 4.79 Å². The third-order valence-electron chi connectivity index (χ3n) is 2.71. The van der Waals surface area contributed by atoms with Gasteiger partial charge in [-0.05, 0) is 12.1 Å². The first-order valence-corrected chi connectivity index (χ1v) is 6.88. The van der Waals surface area contributed by atoms with Gasteiger partial charge in [-0.2, -0.15) is 0 Å². The van der Waals surface area contributed by atoms with Crippen molar-refractivity contribution in [1.82, 2.24) is 4.98 Å². The number of rotatable bonds is 5. The first-order chi connectivity index (χ1) is 10.1. The molecule has 2 rings (SSSR count). The summed E-state index contributed by atoms with van der Waals surface area (Å²) < 4.78 is 10.3. The number of carbonyl (C=O) groups is 1. The Morgan fingerprint density at radius 1 is 1.29 bits per heavy atom. The molecule has 8 heteroatoms. The third-order valence-corrected chi connectivity index (χ3v) is 3.80. The molecule has 1 heterocycles. The standard InChI is InChI=1S/C13H16N4O3S/c1-15-13-17-11(14)10(21-13)12(18)16-7-4-5-8(19-2)9(6-7)20-3/h4-6H,14H2,1-3H3,(H,15,17)(H,16,18). The van der Waals surface area contributed by atoms with E-state index in [1.54, 1.807) is 32.4 Å². The highest BCUT2D eigenvalue weighted by molar-refractivity contribution is 7.18. The molecule has 2 aromatic rings. The molecular formula is C13H16N4O3S. The van der Waals surface area contributed by atoms with Crippen LogP contribution in [0, 0.1) is 0 Å². The maximum atomic E-state index is 12.2. The van der Waals surface area contributed by atoms with E-state index in [1.165, 1.54) is 18.4 Å². The first kappa shape index (κ1) is 14.9. The molecule has 7 nitrogen and oxygen atoms in total. The summed E-state index contributed by atoms with van der Waals surface area (Å²) in [6.07, 6.45) is 0. The van der Waals surface area contributed by atoms with Gasteiger partial charge >= 0.3 is 0 Å². The number of nitrogens with zero attached hydrogens (tertiary/aromatic N) is 1. The minimum atomic E-state index is -0.321. The van der Waals surface area contributed by atoms with E-state index in [0.29, 0.717) is 27.2 Å². The number of hydrogen-bond acceptors (Lipinski definition) is 7. The molecule has 0 bridgehead atoms. The van der Waals surface area contributed by atoms with E-state index >= 15 is 0 Å². The Balaban J connectivity index is 2.21. The third kappa shape index (κ3) is 3.16. The Bertz CT molecular complexity index is 657. The van der Waals surface area contributed by atoms with Crippen LogP contribution in [0.4, 0.5) is 16.6 Å². The minimum absolute atomic E-state index is 0.197. The minimum Gasteiger partial charge on any atom is -0.493 e. The van der Waals surface area contributed by atoms with Crippen molar-refractivity contribution < 1.29 is 14.3 Å². The molecule has 1 aromatic carbocycles. The van der Waals surface area contributed by atoms with E-state index in [4.69, 9.17) is 15.2 Å². The SMILES string of the molecule is CNc1nc(N)c(C(=O)Nc2ccc(OC)c(OC)c2)s1. The van der Waals surface area contributed by atoms with Gasteiger partial charge in [0.15, 0.2) is 16.6 Å². The Hall–Kier alpha value is -2.48. The zero-order valence-corrected chi connectivity index (χ0v) is 12.7. The van der Waals surface area contributed by atoms with E-state index in [2.05, 4.69) is 15.6 Å². The summed E-state index contributed by atoms with van der Waals surface area (Å²) in [4.78, 5) is 16.6. The largest absolute Gasteiger partial charge is 0.493 e. The van der Waals surface area contributed by atoms with Gasteiger partial charge in [-0.15, -0.1) is 0 Å². The normalized spacial score (nSPS) is 10.0. The van der Waals surface area contributed by atoms with Crippen molar-refractivity contribution in [3.05, 3.63) is 23.1 Å². The maximum Gasteiger partial charge on any atom is 0.269 e. The highest BCUT2D eigenvalue weighted by atomic mass is 32.1. The molecule has 0 radical (unpaired) electrons. The second-order valence-corrected chi connectivity index (χ2v) is 5.01. The summed E-state index contributed by atoms with van der Waals surface area (Å²) in [7, 11) is 4.80. The number of carbonyl (C=O) groups excluding carboxylic acids is 1. The number of amides is 1. The fourth-order valence-electron chi connectivity index (χ4n) is 1.70. The lowest BCUT2D eigenvalue weighted by Gasteiger charge is -2.10. The molecule has 0 saturated heterocycles. The molecule has 21 heavy (non-hydrogen) atoms. The summed E-state index contributed by atoms with van der Waals surface area (Å²) in [5, 5.41) is 6.19. The van der Waals surface area contributed by atoms with E-state index in [-0.39, 0.29) is 11.7 Å². The number of hydrogen-bond donors (Lipinski definition) is 3. The molecule has 112 valence electrons. The van der Waals surface area contributed by atoms with Crippen LogP contribution < -0.4 is 25.8 Å². The molecule has 0 fully saturated rings. The lowest BCUT2D eigenvalue weighted by atomic mass is 10.2. The van der Waals surface area contributed by atoms with E-state index in [0.717, 1.165) is 0 Å². The zero-order valence-electron chi connectivity index (χ0n) is 11.9. The Labute approximate surface area is 126 Å². The number of thiazole rings is 1. The molecule has 4 N–H and O–H groups in total. The number of benzene rings is 1. The average molecular weight is 308 g/mol. The predicted octanol–water partition coefficient (Wildman–Crippen LogP) is 2.04. The summed E-state index contributed by atoms with van der Waals surface area (Å²) >= 11 is 1.19. The smallest absolute Gasteiger partial charge is 0.269 e. The molecule has 0 aliphatic carbocycles. The molecule has 0 atom stereocenters. The van der Waals surface area contributed by atoms with E-state index < -0.39 is 0 Å². The number of nitrogen functional groups attached to an aromatic ring is 1. The number of nitrogens with two attached hydrogens (primary N) is 1. The fraction of sp³-hybridized carbons (Fsp3) is 0.231. The summed E-state index contributed by atoms with van der Waals surface area (Å²) in [5.74, 6) is 0.995. The van der Waals surface area contributed by atoms with Gasteiger partial charge in [-0.25, -0.2) is 4.98 Å². The Morgan fingerprint density at radius 2 is 2.00 bits per heavy atom. The van der Waals surface area contributed by atoms with Gasteiger partial charge in [0.05, 0.1) is 14.2 Å². The fourth-order valence-corrected chi connectivity index (χ4v) is 2.44. The van der Waals surface area contributed by atoms with Gasteiger partial charge in [0.1, 0.15) is 10.7 Å². The van der Waals surface area contributed by atoms with Crippen LogP contribution in [0.15, 0.2) is 18.2 Å². The second-order valence-electron chi connectivity index (χ2n) is 4.01. The van der Waals surface area contributed by atoms with Crippen LogP contribution >= 0.6 is 11.3 Å². The quantitative estimate of drug-likeness (QED) is 0.782. The maximum absolute atomic E-state index is 12.2. The Morgan fingerprint density at radius 3 is 2.57 bits per heavy atom. The monoisotopic (exact) mass is 308 g/mol. The molecular weight excluding hydrogens is 292 g/mol. The van der Waals surface area contributed by atoms with Gasteiger partial charge in [0.2, 0.25) is 0 Å². The van der Waals surface area contributed by atoms with Crippen molar-refractivity contribution in [2.45, 2.75) is 0 Å². The topological polar surface area (TPSA) is 98.5 Å². The van der Waals surface area contributed by atoms with Crippen LogP contribution in [0.3, 0.4) is 0 Å². The van der Waals surface area contributed by atoms with Crippen molar-refractivity contribution in [1.29, 1.82) is 0 Å². The zero-order chi connectivity index (χ0) is 15.4. The van der Waals surface area contributed by atoms with Gasteiger partial charge in [0.25, 0.3) is 5.91 Å². The van der Waals surface area contributed by atoms with Crippen molar-refractivity contribution in [3.63, 3.8) is 0 Å². The number of methoxy groups -OCH3 is 2. The van der Waals surface area contributed by atoms with E-state index in [1.807, 2.05) is 0 Å². The van der Waals surface area contributed by atoms with Gasteiger partial charge in [0, 0.05) is 18.8 Å². The lowest BCUT2D eigenvalue weighted by Crippen LogP contribution is -2.12. The predicted molar refractivity (Wildman–Crippen MR) is 83.6 cm³/mol. The lowest BCUT2D eigenvalue weighted by molar-refractivity contribution is 0.103.